The summed E-state index contributed by atoms with van der Waals surface area (Å²) < 4.78 is 0. The molecule has 0 N–H and O–H groups in total. The maximum atomic E-state index is 10.1. The van der Waals surface area contributed by atoms with Crippen LogP contribution < -0.4 is 0 Å². The third-order valence-corrected chi connectivity index (χ3v) is 3.90. The van der Waals surface area contributed by atoms with E-state index in [2.05, 4.69) is 11.9 Å². The van der Waals surface area contributed by atoms with Crippen molar-refractivity contribution >= 4 is 22.2 Å². The molecule has 0 spiro atoms. The van der Waals surface area contributed by atoms with Gasteiger partial charge in [-0.15, -0.1) is 0 Å². The minimum atomic E-state index is 0.347. The lowest BCUT2D eigenvalue weighted by atomic mass is 10.5. The minimum Gasteiger partial charge on any atom is -0.303 e. The molecule has 1 aliphatic heterocycles. The summed E-state index contributed by atoms with van der Waals surface area (Å²) in [5, 5.41) is 1.15. The van der Waals surface area contributed by atoms with Crippen LogP contribution in [0.2, 0.25) is 0 Å². The lowest BCUT2D eigenvalue weighted by Gasteiger charge is -1.94. The number of carbonyl (C=O) groups excluding carboxylic acids is 1. The van der Waals surface area contributed by atoms with Gasteiger partial charge in [0.05, 0.1) is 13.0 Å². The molecule has 0 bridgehead atoms. The molecule has 1 unspecified atom stereocenters. The van der Waals surface area contributed by atoms with Crippen LogP contribution in [0.25, 0.3) is 0 Å². The van der Waals surface area contributed by atoms with Crippen LogP contribution in [0.1, 0.15) is 13.3 Å². The van der Waals surface area contributed by atoms with Crippen LogP contribution in [0.5, 0.6) is 0 Å². The van der Waals surface area contributed by atoms with Gasteiger partial charge in [0.25, 0.3) is 0 Å². The van der Waals surface area contributed by atoms with Gasteiger partial charge < -0.3 is 4.79 Å². The molecule has 1 atom stereocenters. The number of aliphatic imine (C=N–C) groups is 1. The first-order valence-corrected chi connectivity index (χ1v) is 5.09. The number of rotatable bonds is 3. The molecule has 2 nitrogen and oxygen atoms in total. The van der Waals surface area contributed by atoms with Crippen molar-refractivity contribution in [2.45, 2.75) is 13.3 Å². The molecule has 0 aliphatic carbocycles. The molecule has 0 amide bonds. The molecular weight excluding hydrogens is 146 g/mol. The highest BCUT2D eigenvalue weighted by atomic mass is 32.2. The van der Waals surface area contributed by atoms with Crippen molar-refractivity contribution in [3.63, 3.8) is 0 Å². The number of aldehydes is 1. The number of carbonyl (C=O) groups is 1. The zero-order chi connectivity index (χ0) is 7.40. The summed E-state index contributed by atoms with van der Waals surface area (Å²) in [6, 6.07) is 0. The Hall–Kier alpha value is -0.310. The Bertz CT molecular complexity index is 156. The predicted molar refractivity (Wildman–Crippen MR) is 45.8 cm³/mol. The molecule has 56 valence electrons. The van der Waals surface area contributed by atoms with Gasteiger partial charge in [0.15, 0.2) is 0 Å². The molecule has 3 heteroatoms. The lowest BCUT2D eigenvalue weighted by Crippen LogP contribution is -2.16. The smallest absolute Gasteiger partial charge is 0.225 e. The average Bonchev–Trinajstić information content (AvgIpc) is 2.36. The first kappa shape index (κ1) is 7.79. The average molecular weight is 158 g/mol. The van der Waals surface area contributed by atoms with Gasteiger partial charge in [-0.2, -0.15) is 0 Å². The van der Waals surface area contributed by atoms with E-state index in [1.807, 2.05) is 0 Å². The van der Waals surface area contributed by atoms with Gasteiger partial charge in [-0.05, 0) is 6.92 Å². The van der Waals surface area contributed by atoms with Crippen LogP contribution in [0.4, 0.5) is 0 Å². The Morgan fingerprint density at radius 2 is 2.60 bits per heavy atom. The second kappa shape index (κ2) is 3.76. The summed E-state index contributed by atoms with van der Waals surface area (Å²) in [5.41, 5.74) is 0. The summed E-state index contributed by atoms with van der Waals surface area (Å²) >= 11 is 0. The zero-order valence-corrected chi connectivity index (χ0v) is 6.99. The SMILES string of the molecule is CC[S+]1CCN=C1CC=O. The fourth-order valence-electron chi connectivity index (χ4n) is 1.05. The van der Waals surface area contributed by atoms with E-state index < -0.39 is 0 Å². The Morgan fingerprint density at radius 1 is 1.80 bits per heavy atom. The Labute approximate surface area is 64.1 Å². The zero-order valence-electron chi connectivity index (χ0n) is 6.17. The van der Waals surface area contributed by atoms with Crippen molar-refractivity contribution in [2.24, 2.45) is 4.99 Å². The first-order chi connectivity index (χ1) is 4.88. The Balaban J connectivity index is 2.47. The molecule has 0 aromatic heterocycles. The highest BCUT2D eigenvalue weighted by Gasteiger charge is 2.28. The fraction of sp³-hybridized carbons (Fsp3) is 0.714. The summed E-state index contributed by atoms with van der Waals surface area (Å²) in [4.78, 5) is 14.4. The van der Waals surface area contributed by atoms with Gasteiger partial charge in [0, 0.05) is 10.9 Å². The van der Waals surface area contributed by atoms with Crippen LogP contribution in [0.15, 0.2) is 4.99 Å². The van der Waals surface area contributed by atoms with E-state index in [1.54, 1.807) is 0 Å². The fourth-order valence-corrected chi connectivity index (χ4v) is 2.80. The van der Waals surface area contributed by atoms with E-state index in [-0.39, 0.29) is 0 Å². The maximum Gasteiger partial charge on any atom is 0.225 e. The Morgan fingerprint density at radius 3 is 3.20 bits per heavy atom. The predicted octanol–water partition coefficient (Wildman–Crippen LogP) is 0.626. The van der Waals surface area contributed by atoms with Crippen molar-refractivity contribution in [3.05, 3.63) is 0 Å². The third kappa shape index (κ3) is 1.59. The topological polar surface area (TPSA) is 29.4 Å². The van der Waals surface area contributed by atoms with E-state index in [0.29, 0.717) is 17.3 Å². The molecule has 0 fully saturated rings. The summed E-state index contributed by atoms with van der Waals surface area (Å²) in [7, 11) is 0.347. The molecule has 1 heterocycles. The number of hydrogen-bond donors (Lipinski definition) is 0. The molecule has 10 heavy (non-hydrogen) atoms. The van der Waals surface area contributed by atoms with E-state index in [0.717, 1.165) is 23.6 Å². The van der Waals surface area contributed by atoms with Crippen molar-refractivity contribution in [1.29, 1.82) is 0 Å². The quantitative estimate of drug-likeness (QED) is 0.437. The molecule has 1 aliphatic rings. The second-order valence-corrected chi connectivity index (χ2v) is 4.57. The summed E-state index contributed by atoms with van der Waals surface area (Å²) in [5.74, 6) is 2.34. The highest BCUT2D eigenvalue weighted by Crippen LogP contribution is 2.09. The van der Waals surface area contributed by atoms with Crippen LogP contribution in [-0.4, -0.2) is 29.4 Å². The standard InChI is InChI=1S/C7H12NOS/c1-2-10-6-4-8-7(10)3-5-9/h5H,2-4,6H2,1H3/q+1. The van der Waals surface area contributed by atoms with Crippen LogP contribution in [0.3, 0.4) is 0 Å². The van der Waals surface area contributed by atoms with E-state index >= 15 is 0 Å². The molecular formula is C7H12NOS+. The van der Waals surface area contributed by atoms with Crippen molar-refractivity contribution in [1.82, 2.24) is 0 Å². The van der Waals surface area contributed by atoms with Gasteiger partial charge >= 0.3 is 0 Å². The van der Waals surface area contributed by atoms with Crippen LogP contribution in [-0.2, 0) is 15.7 Å². The second-order valence-electron chi connectivity index (χ2n) is 2.13. The van der Waals surface area contributed by atoms with Gasteiger partial charge in [0.1, 0.15) is 17.8 Å². The van der Waals surface area contributed by atoms with Crippen LogP contribution in [0, 0.1) is 0 Å². The van der Waals surface area contributed by atoms with E-state index in [4.69, 9.17) is 0 Å². The molecule has 0 saturated heterocycles. The molecule has 0 aromatic carbocycles. The van der Waals surface area contributed by atoms with Crippen LogP contribution >= 0.6 is 0 Å². The van der Waals surface area contributed by atoms with Crippen molar-refractivity contribution in [2.75, 3.05) is 18.1 Å². The van der Waals surface area contributed by atoms with Crippen molar-refractivity contribution < 1.29 is 4.79 Å². The van der Waals surface area contributed by atoms with Crippen molar-refractivity contribution in [3.8, 4) is 0 Å². The minimum absolute atomic E-state index is 0.347. The number of hydrogen-bond acceptors (Lipinski definition) is 2. The number of nitrogens with zero attached hydrogens (tertiary/aromatic N) is 1. The lowest BCUT2D eigenvalue weighted by molar-refractivity contribution is -0.106. The van der Waals surface area contributed by atoms with Gasteiger partial charge in [-0.3, -0.25) is 0 Å². The molecule has 0 aromatic rings. The molecule has 0 saturated carbocycles. The van der Waals surface area contributed by atoms with E-state index in [1.165, 1.54) is 5.75 Å². The Kier molecular flexibility index (Phi) is 2.93. The van der Waals surface area contributed by atoms with Gasteiger partial charge in [0.2, 0.25) is 5.04 Å². The normalized spacial score (nSPS) is 24.5. The summed E-state index contributed by atoms with van der Waals surface area (Å²) in [6.07, 6.45) is 1.52. The molecule has 1 rings (SSSR count). The summed E-state index contributed by atoms with van der Waals surface area (Å²) in [6.45, 7) is 3.11. The molecule has 0 radical (unpaired) electrons. The highest BCUT2D eigenvalue weighted by molar-refractivity contribution is 8.11. The monoisotopic (exact) mass is 158 g/mol. The van der Waals surface area contributed by atoms with E-state index in [9.17, 15) is 4.79 Å². The van der Waals surface area contributed by atoms with Gasteiger partial charge in [-0.1, -0.05) is 0 Å². The van der Waals surface area contributed by atoms with Gasteiger partial charge in [-0.25, -0.2) is 4.99 Å². The first-order valence-electron chi connectivity index (χ1n) is 3.53. The maximum absolute atomic E-state index is 10.1. The third-order valence-electron chi connectivity index (χ3n) is 1.57. The largest absolute Gasteiger partial charge is 0.303 e.